The molecule has 0 aromatic carbocycles. The number of hydrogen-bond donors (Lipinski definition) is 4. The average molecular weight is 353 g/mol. The Morgan fingerprint density at radius 1 is 1.00 bits per heavy atom. The standard InChI is InChI=1S/C15H28O5S2/c1-8-3-9(13(6-21)20-15(8)18-2)4-12-10(16)5-11(17)14(7-22)19-12/h8-17,21-22H,3-7H2,1-2H3. The van der Waals surface area contributed by atoms with Gasteiger partial charge in [0.15, 0.2) is 6.29 Å². The van der Waals surface area contributed by atoms with E-state index >= 15 is 0 Å². The Morgan fingerprint density at radius 2 is 1.64 bits per heavy atom. The minimum Gasteiger partial charge on any atom is -0.390 e. The number of methoxy groups -OCH3 is 1. The normalized spacial score (nSPS) is 46.6. The lowest BCUT2D eigenvalue weighted by atomic mass is 9.82. The molecule has 2 rings (SSSR count). The molecule has 0 aromatic rings. The molecule has 0 radical (unpaired) electrons. The van der Waals surface area contributed by atoms with Crippen LogP contribution in [0, 0.1) is 11.8 Å². The molecule has 0 spiro atoms. The van der Waals surface area contributed by atoms with E-state index in [0.29, 0.717) is 24.3 Å². The van der Waals surface area contributed by atoms with Crippen molar-refractivity contribution in [3.63, 3.8) is 0 Å². The Kier molecular flexibility index (Phi) is 7.32. The Bertz CT molecular complexity index is 346. The third-order valence-corrected chi connectivity index (χ3v) is 5.51. The molecule has 2 aliphatic heterocycles. The minimum absolute atomic E-state index is 0.0124. The van der Waals surface area contributed by atoms with Crippen molar-refractivity contribution in [3.05, 3.63) is 0 Å². The highest BCUT2D eigenvalue weighted by Gasteiger charge is 2.41. The van der Waals surface area contributed by atoms with Gasteiger partial charge in [-0.05, 0) is 18.8 Å². The van der Waals surface area contributed by atoms with Gasteiger partial charge in [0, 0.05) is 31.0 Å². The first-order valence-corrected chi connectivity index (χ1v) is 9.18. The van der Waals surface area contributed by atoms with Crippen molar-refractivity contribution in [1.29, 1.82) is 0 Å². The molecule has 8 atom stereocenters. The number of thiol groups is 2. The van der Waals surface area contributed by atoms with Gasteiger partial charge in [0.2, 0.25) is 0 Å². The van der Waals surface area contributed by atoms with E-state index in [0.717, 1.165) is 6.42 Å². The van der Waals surface area contributed by atoms with Crippen molar-refractivity contribution < 1.29 is 24.4 Å². The predicted molar refractivity (Wildman–Crippen MR) is 90.6 cm³/mol. The summed E-state index contributed by atoms with van der Waals surface area (Å²) in [7, 11) is 1.66. The molecule has 0 bridgehead atoms. The predicted octanol–water partition coefficient (Wildman–Crippen LogP) is 1.13. The summed E-state index contributed by atoms with van der Waals surface area (Å²) in [5.74, 6) is 1.61. The second-order valence-electron chi connectivity index (χ2n) is 6.44. The van der Waals surface area contributed by atoms with Gasteiger partial charge in [0.05, 0.1) is 30.5 Å². The molecule has 2 heterocycles. The fourth-order valence-corrected chi connectivity index (χ4v) is 4.23. The molecule has 0 amide bonds. The van der Waals surface area contributed by atoms with Crippen LogP contribution in [-0.4, -0.2) is 65.6 Å². The molecule has 7 heteroatoms. The number of aliphatic hydroxyl groups is 2. The first kappa shape index (κ1) is 18.8. The van der Waals surface area contributed by atoms with Crippen LogP contribution >= 0.6 is 25.3 Å². The summed E-state index contributed by atoms with van der Waals surface area (Å²) in [6, 6.07) is 0. The van der Waals surface area contributed by atoms with Crippen molar-refractivity contribution in [2.45, 2.75) is 63.0 Å². The Balaban J connectivity index is 1.98. The fourth-order valence-electron chi connectivity index (χ4n) is 3.52. The van der Waals surface area contributed by atoms with Gasteiger partial charge in [-0.1, -0.05) is 6.92 Å². The highest BCUT2D eigenvalue weighted by molar-refractivity contribution is 7.80. The van der Waals surface area contributed by atoms with Gasteiger partial charge >= 0.3 is 0 Å². The lowest BCUT2D eigenvalue weighted by Gasteiger charge is -2.43. The largest absolute Gasteiger partial charge is 0.390 e. The van der Waals surface area contributed by atoms with Gasteiger partial charge in [-0.15, -0.1) is 0 Å². The fraction of sp³-hybridized carbons (Fsp3) is 1.00. The maximum Gasteiger partial charge on any atom is 0.160 e. The second kappa shape index (κ2) is 8.55. The van der Waals surface area contributed by atoms with Crippen LogP contribution in [0.4, 0.5) is 0 Å². The Morgan fingerprint density at radius 3 is 2.23 bits per heavy atom. The molecular formula is C15H28O5S2. The molecule has 0 aliphatic carbocycles. The molecule has 22 heavy (non-hydrogen) atoms. The van der Waals surface area contributed by atoms with E-state index in [1.54, 1.807) is 7.11 Å². The van der Waals surface area contributed by atoms with E-state index < -0.39 is 12.2 Å². The second-order valence-corrected chi connectivity index (χ2v) is 7.17. The summed E-state index contributed by atoms with van der Waals surface area (Å²) in [5, 5.41) is 20.1. The summed E-state index contributed by atoms with van der Waals surface area (Å²) < 4.78 is 17.2. The summed E-state index contributed by atoms with van der Waals surface area (Å²) in [6.07, 6.45) is -0.132. The summed E-state index contributed by atoms with van der Waals surface area (Å²) >= 11 is 8.60. The summed E-state index contributed by atoms with van der Waals surface area (Å²) in [5.41, 5.74) is 0. The molecule has 8 unspecified atom stereocenters. The zero-order valence-corrected chi connectivity index (χ0v) is 15.0. The molecule has 2 aliphatic rings. The highest BCUT2D eigenvalue weighted by Crippen LogP contribution is 2.36. The summed E-state index contributed by atoms with van der Waals surface area (Å²) in [6.45, 7) is 2.11. The van der Waals surface area contributed by atoms with Crippen LogP contribution in [0.5, 0.6) is 0 Å². The first-order valence-electron chi connectivity index (χ1n) is 7.91. The van der Waals surface area contributed by atoms with E-state index in [1.807, 2.05) is 0 Å². The lowest BCUT2D eigenvalue weighted by Crippen LogP contribution is -2.50. The van der Waals surface area contributed by atoms with Crippen LogP contribution in [0.25, 0.3) is 0 Å². The number of aliphatic hydroxyl groups excluding tert-OH is 2. The zero-order chi connectivity index (χ0) is 16.3. The van der Waals surface area contributed by atoms with E-state index in [4.69, 9.17) is 14.2 Å². The van der Waals surface area contributed by atoms with Gasteiger partial charge in [0.1, 0.15) is 0 Å². The molecule has 2 saturated heterocycles. The third-order valence-electron chi connectivity index (χ3n) is 4.79. The minimum atomic E-state index is -0.651. The van der Waals surface area contributed by atoms with Crippen LogP contribution in [0.3, 0.4) is 0 Å². The van der Waals surface area contributed by atoms with Crippen LogP contribution in [-0.2, 0) is 14.2 Å². The average Bonchev–Trinajstić information content (AvgIpc) is 2.50. The molecule has 0 aromatic heterocycles. The molecular weight excluding hydrogens is 324 g/mol. The highest BCUT2D eigenvalue weighted by atomic mass is 32.1. The van der Waals surface area contributed by atoms with Crippen LogP contribution in [0.15, 0.2) is 0 Å². The van der Waals surface area contributed by atoms with Gasteiger partial charge in [-0.25, -0.2) is 0 Å². The van der Waals surface area contributed by atoms with Gasteiger partial charge in [0.25, 0.3) is 0 Å². The van der Waals surface area contributed by atoms with Crippen LogP contribution in [0.1, 0.15) is 26.2 Å². The summed E-state index contributed by atoms with van der Waals surface area (Å²) in [4.78, 5) is 0. The van der Waals surface area contributed by atoms with E-state index in [9.17, 15) is 10.2 Å². The third kappa shape index (κ3) is 4.32. The van der Waals surface area contributed by atoms with E-state index in [1.165, 1.54) is 0 Å². The molecule has 5 nitrogen and oxygen atoms in total. The monoisotopic (exact) mass is 352 g/mol. The number of hydrogen-bond acceptors (Lipinski definition) is 7. The first-order chi connectivity index (χ1) is 10.5. The van der Waals surface area contributed by atoms with Crippen molar-refractivity contribution in [2.24, 2.45) is 11.8 Å². The zero-order valence-electron chi connectivity index (χ0n) is 13.2. The van der Waals surface area contributed by atoms with Gasteiger partial charge < -0.3 is 24.4 Å². The Hall–Kier alpha value is 0.500. The van der Waals surface area contributed by atoms with Gasteiger partial charge in [-0.2, -0.15) is 25.3 Å². The Labute approximate surface area is 143 Å². The lowest BCUT2D eigenvalue weighted by molar-refractivity contribution is -0.227. The van der Waals surface area contributed by atoms with E-state index in [-0.39, 0.29) is 36.4 Å². The van der Waals surface area contributed by atoms with Crippen LogP contribution < -0.4 is 0 Å². The quantitative estimate of drug-likeness (QED) is 0.559. The smallest absolute Gasteiger partial charge is 0.160 e. The number of ether oxygens (including phenoxy) is 3. The topological polar surface area (TPSA) is 68.2 Å². The molecule has 0 saturated carbocycles. The van der Waals surface area contributed by atoms with Crippen molar-refractivity contribution in [2.75, 3.05) is 18.6 Å². The maximum absolute atomic E-state index is 10.2. The van der Waals surface area contributed by atoms with Crippen molar-refractivity contribution in [1.82, 2.24) is 0 Å². The SMILES string of the molecule is COC1OC(CS)C(CC2OC(CS)C(O)CC2O)CC1C. The van der Waals surface area contributed by atoms with Crippen molar-refractivity contribution >= 4 is 25.3 Å². The van der Waals surface area contributed by atoms with E-state index in [2.05, 4.69) is 32.2 Å². The number of rotatable bonds is 5. The van der Waals surface area contributed by atoms with Crippen LogP contribution in [0.2, 0.25) is 0 Å². The molecule has 130 valence electrons. The molecule has 2 fully saturated rings. The van der Waals surface area contributed by atoms with Gasteiger partial charge in [-0.3, -0.25) is 0 Å². The van der Waals surface area contributed by atoms with Crippen molar-refractivity contribution in [3.8, 4) is 0 Å². The maximum atomic E-state index is 10.2. The molecule has 2 N–H and O–H groups in total.